The molecule has 0 atom stereocenters. The summed E-state index contributed by atoms with van der Waals surface area (Å²) in [7, 11) is 0. The number of hydrogen-bond acceptors (Lipinski definition) is 6. The second-order valence-electron chi connectivity index (χ2n) is 16.5. The van der Waals surface area contributed by atoms with Gasteiger partial charge < -0.3 is 0 Å². The van der Waals surface area contributed by atoms with E-state index in [9.17, 15) is 0 Å². The van der Waals surface area contributed by atoms with Crippen LogP contribution in [-0.4, -0.2) is 19.9 Å². The van der Waals surface area contributed by atoms with E-state index in [4.69, 9.17) is 19.9 Å². The van der Waals surface area contributed by atoms with Gasteiger partial charge in [0, 0.05) is 84.1 Å². The highest BCUT2D eigenvalue weighted by molar-refractivity contribution is 7.26. The fourth-order valence-corrected chi connectivity index (χ4v) is 11.8. The average molecular weight is 849 g/mol. The number of pyridine rings is 4. The molecule has 0 bridgehead atoms. The highest BCUT2D eigenvalue weighted by atomic mass is 32.1. The number of thiophene rings is 2. The summed E-state index contributed by atoms with van der Waals surface area (Å²) in [6.45, 7) is 0. The summed E-state index contributed by atoms with van der Waals surface area (Å²) < 4.78 is 5.17. The molecular formula is C58H32N4S2. The molecule has 0 spiro atoms. The standard InChI is InChI=1S/C58H32N4S2/c1-2-8-40-39(7-1)41(49-27-19-35-15-13-33-17-25-47(59-55(33)57(35)61-49)37-21-29-53-45(31-37)43-9-3-5-11-51(43)63-53)23-24-42(40)50-28-20-36-16-14-34-18-26-48(60-56(34)58(36)62-50)38-22-30-54-46(32-38)44-10-4-6-12-52(44)64-54/h1-32H. The van der Waals surface area contributed by atoms with Crippen LogP contribution in [0.3, 0.4) is 0 Å². The minimum atomic E-state index is 0.894. The Bertz CT molecular complexity index is 4000. The fraction of sp³-hybridized carbons (Fsp3) is 0. The van der Waals surface area contributed by atoms with Crippen molar-refractivity contribution in [2.45, 2.75) is 0 Å². The predicted octanol–water partition coefficient (Wildman–Crippen LogP) is 16.4. The van der Waals surface area contributed by atoms with E-state index in [1.807, 2.05) is 22.7 Å². The predicted molar refractivity (Wildman–Crippen MR) is 273 cm³/mol. The Labute approximate surface area is 374 Å². The highest BCUT2D eigenvalue weighted by Gasteiger charge is 2.16. The normalized spacial score (nSPS) is 12.1. The SMILES string of the molecule is c1ccc2c(c1)sc1ccc(-c3ccc4ccc5ccc(-c6ccc(-c7ccc8ccc9ccc(-c%10ccc%11sc%12ccccc%12c%11c%10)nc9c8n7)c7ccccc67)nc5c4n3)cc12. The molecule has 0 aliphatic heterocycles. The van der Waals surface area contributed by atoms with Crippen LogP contribution in [0.15, 0.2) is 194 Å². The first-order chi connectivity index (χ1) is 31.7. The summed E-state index contributed by atoms with van der Waals surface area (Å²) in [6.07, 6.45) is 0. The molecular weight excluding hydrogens is 817 g/mol. The lowest BCUT2D eigenvalue weighted by Gasteiger charge is -2.13. The lowest BCUT2D eigenvalue weighted by molar-refractivity contribution is 1.36. The van der Waals surface area contributed by atoms with E-state index in [0.717, 1.165) is 99.4 Å². The van der Waals surface area contributed by atoms with E-state index >= 15 is 0 Å². The molecule has 64 heavy (non-hydrogen) atoms. The lowest BCUT2D eigenvalue weighted by Crippen LogP contribution is -1.93. The molecule has 0 saturated heterocycles. The minimum Gasteiger partial charge on any atom is -0.245 e. The summed E-state index contributed by atoms with van der Waals surface area (Å²) in [5.74, 6) is 0. The smallest absolute Gasteiger partial charge is 0.0972 e. The monoisotopic (exact) mass is 848 g/mol. The summed E-state index contributed by atoms with van der Waals surface area (Å²) >= 11 is 3.67. The van der Waals surface area contributed by atoms with Crippen LogP contribution in [-0.2, 0) is 0 Å². The van der Waals surface area contributed by atoms with Crippen LogP contribution in [0.1, 0.15) is 0 Å². The molecule has 6 heteroatoms. The largest absolute Gasteiger partial charge is 0.245 e. The van der Waals surface area contributed by atoms with E-state index < -0.39 is 0 Å². The molecule has 0 unspecified atom stereocenters. The Balaban J connectivity index is 0.873. The second-order valence-corrected chi connectivity index (χ2v) is 18.7. The first kappa shape index (κ1) is 35.7. The van der Waals surface area contributed by atoms with Crippen LogP contribution in [0.2, 0.25) is 0 Å². The average Bonchev–Trinajstić information content (AvgIpc) is 3.93. The van der Waals surface area contributed by atoms with Crippen LogP contribution in [0.4, 0.5) is 0 Å². The van der Waals surface area contributed by atoms with Crippen LogP contribution in [0.25, 0.3) is 140 Å². The quantitative estimate of drug-likeness (QED) is 0.166. The lowest BCUT2D eigenvalue weighted by atomic mass is 9.95. The number of benzene rings is 8. The van der Waals surface area contributed by atoms with Crippen molar-refractivity contribution in [2.24, 2.45) is 0 Å². The Morgan fingerprint density at radius 2 is 0.578 bits per heavy atom. The maximum absolute atomic E-state index is 5.40. The highest BCUT2D eigenvalue weighted by Crippen LogP contribution is 2.40. The molecule has 0 fully saturated rings. The third-order valence-corrected chi connectivity index (χ3v) is 15.2. The molecule has 14 aromatic rings. The summed E-state index contributed by atoms with van der Waals surface area (Å²) in [5.41, 5.74) is 11.6. The molecule has 0 aliphatic rings. The Kier molecular flexibility index (Phi) is 7.69. The van der Waals surface area contributed by atoms with Crippen LogP contribution >= 0.6 is 22.7 Å². The van der Waals surface area contributed by atoms with Gasteiger partial charge in [0.1, 0.15) is 0 Å². The number of nitrogens with zero attached hydrogens (tertiary/aromatic N) is 4. The van der Waals surface area contributed by atoms with Crippen LogP contribution in [0.5, 0.6) is 0 Å². The third kappa shape index (κ3) is 5.53. The van der Waals surface area contributed by atoms with E-state index in [-0.39, 0.29) is 0 Å². The number of fused-ring (bicyclic) bond motifs is 13. The van der Waals surface area contributed by atoms with Crippen LogP contribution in [0, 0.1) is 0 Å². The number of aromatic nitrogens is 4. The molecule has 0 radical (unpaired) electrons. The van der Waals surface area contributed by atoms with Gasteiger partial charge in [-0.05, 0) is 71.4 Å². The Hall–Kier alpha value is -7.90. The third-order valence-electron chi connectivity index (χ3n) is 12.9. The Morgan fingerprint density at radius 1 is 0.250 bits per heavy atom. The van der Waals surface area contributed by atoms with E-state index in [2.05, 4.69) is 194 Å². The van der Waals surface area contributed by atoms with Gasteiger partial charge in [-0.1, -0.05) is 133 Å². The molecule has 0 amide bonds. The molecule has 6 heterocycles. The maximum atomic E-state index is 5.40. The van der Waals surface area contributed by atoms with Gasteiger partial charge in [-0.2, -0.15) is 0 Å². The van der Waals surface area contributed by atoms with E-state index in [0.29, 0.717) is 0 Å². The molecule has 0 saturated carbocycles. The van der Waals surface area contributed by atoms with Gasteiger partial charge in [0.2, 0.25) is 0 Å². The van der Waals surface area contributed by atoms with E-state index in [1.165, 1.54) is 40.3 Å². The summed E-state index contributed by atoms with van der Waals surface area (Å²) in [4.78, 5) is 21.4. The van der Waals surface area contributed by atoms with Crippen LogP contribution < -0.4 is 0 Å². The Morgan fingerprint density at radius 3 is 1.00 bits per heavy atom. The summed E-state index contributed by atoms with van der Waals surface area (Å²) in [5, 5.41) is 11.6. The molecule has 0 aliphatic carbocycles. The second kappa shape index (κ2) is 13.8. The van der Waals surface area contributed by atoms with E-state index in [1.54, 1.807) is 0 Å². The molecule has 4 nitrogen and oxygen atoms in total. The van der Waals surface area contributed by atoms with Gasteiger partial charge in [0.15, 0.2) is 0 Å². The van der Waals surface area contributed by atoms with Crippen molar-refractivity contribution in [1.29, 1.82) is 0 Å². The van der Waals surface area contributed by atoms with Crippen molar-refractivity contribution < 1.29 is 0 Å². The maximum Gasteiger partial charge on any atom is 0.0972 e. The van der Waals surface area contributed by atoms with Gasteiger partial charge in [0.25, 0.3) is 0 Å². The first-order valence-corrected chi connectivity index (χ1v) is 23.1. The molecule has 14 rings (SSSR count). The molecule has 8 aromatic carbocycles. The molecule has 6 aromatic heterocycles. The zero-order chi connectivity index (χ0) is 41.9. The zero-order valence-corrected chi connectivity index (χ0v) is 35.7. The van der Waals surface area contributed by atoms with Gasteiger partial charge in [-0.25, -0.2) is 19.9 Å². The van der Waals surface area contributed by atoms with Gasteiger partial charge in [-0.3, -0.25) is 0 Å². The van der Waals surface area contributed by atoms with Gasteiger partial charge in [0.05, 0.1) is 44.8 Å². The van der Waals surface area contributed by atoms with Crippen molar-refractivity contribution in [3.8, 4) is 45.0 Å². The van der Waals surface area contributed by atoms with Crippen molar-refractivity contribution in [2.75, 3.05) is 0 Å². The van der Waals surface area contributed by atoms with Gasteiger partial charge in [-0.15, -0.1) is 22.7 Å². The zero-order valence-electron chi connectivity index (χ0n) is 34.1. The van der Waals surface area contributed by atoms with Crippen molar-refractivity contribution >= 4 is 117 Å². The van der Waals surface area contributed by atoms with Crippen molar-refractivity contribution in [3.63, 3.8) is 0 Å². The van der Waals surface area contributed by atoms with Crippen molar-refractivity contribution in [1.82, 2.24) is 19.9 Å². The number of rotatable bonds is 4. The first-order valence-electron chi connectivity index (χ1n) is 21.4. The van der Waals surface area contributed by atoms with Crippen molar-refractivity contribution in [3.05, 3.63) is 194 Å². The molecule has 296 valence electrons. The fourth-order valence-electron chi connectivity index (χ4n) is 9.67. The molecule has 0 N–H and O–H groups in total. The summed E-state index contributed by atoms with van der Waals surface area (Å²) in [6, 6.07) is 69.5. The number of hydrogen-bond donors (Lipinski definition) is 0. The topological polar surface area (TPSA) is 51.6 Å². The van der Waals surface area contributed by atoms with Gasteiger partial charge >= 0.3 is 0 Å². The minimum absolute atomic E-state index is 0.894.